The molecule has 1 aromatic carbocycles. The van der Waals surface area contributed by atoms with Crippen molar-refractivity contribution in [3.63, 3.8) is 0 Å². The van der Waals surface area contributed by atoms with Gasteiger partial charge in [-0.1, -0.05) is 30.3 Å². The lowest BCUT2D eigenvalue weighted by Gasteiger charge is -2.32. The molecule has 0 aromatic heterocycles. The smallest absolute Gasteiger partial charge is 0.240 e. The molecular formula is C19H29N3O. The number of amides is 1. The number of likely N-dealkylation sites (N-methyl/N-ethyl adjacent to an activating group) is 1. The number of hydrogen-bond acceptors (Lipinski definition) is 3. The van der Waals surface area contributed by atoms with Crippen molar-refractivity contribution >= 4 is 5.91 Å². The SMILES string of the molecule is CN(C)C(Cc1ccccc1)C(=O)N1CCCN2CCCC2C1. The van der Waals surface area contributed by atoms with E-state index in [1.807, 2.05) is 20.2 Å². The lowest BCUT2D eigenvalue weighted by Crippen LogP contribution is -2.49. The molecule has 2 heterocycles. The fourth-order valence-electron chi connectivity index (χ4n) is 3.95. The second-order valence-electron chi connectivity index (χ2n) is 7.14. The van der Waals surface area contributed by atoms with Crippen molar-refractivity contribution in [2.75, 3.05) is 40.3 Å². The highest BCUT2D eigenvalue weighted by Crippen LogP contribution is 2.22. The zero-order chi connectivity index (χ0) is 16.2. The summed E-state index contributed by atoms with van der Waals surface area (Å²) in [5, 5.41) is 0. The van der Waals surface area contributed by atoms with Crippen molar-refractivity contribution in [3.8, 4) is 0 Å². The van der Waals surface area contributed by atoms with Crippen molar-refractivity contribution in [2.45, 2.75) is 37.8 Å². The Labute approximate surface area is 140 Å². The molecule has 1 aromatic rings. The molecule has 2 atom stereocenters. The van der Waals surface area contributed by atoms with E-state index in [-0.39, 0.29) is 6.04 Å². The van der Waals surface area contributed by atoms with Gasteiger partial charge in [0.2, 0.25) is 5.91 Å². The van der Waals surface area contributed by atoms with Gasteiger partial charge >= 0.3 is 0 Å². The Kier molecular flexibility index (Phi) is 5.34. The minimum absolute atomic E-state index is 0.0645. The Morgan fingerprint density at radius 3 is 2.65 bits per heavy atom. The van der Waals surface area contributed by atoms with Crippen LogP contribution >= 0.6 is 0 Å². The highest BCUT2D eigenvalue weighted by molar-refractivity contribution is 5.82. The predicted octanol–water partition coefficient (Wildman–Crippen LogP) is 1.86. The third-order valence-electron chi connectivity index (χ3n) is 5.30. The first-order valence-electron chi connectivity index (χ1n) is 8.88. The average Bonchev–Trinajstić information content (AvgIpc) is 2.89. The summed E-state index contributed by atoms with van der Waals surface area (Å²) in [5.74, 6) is 0.299. The molecule has 126 valence electrons. The van der Waals surface area contributed by atoms with Crippen molar-refractivity contribution in [1.82, 2.24) is 14.7 Å². The number of benzene rings is 1. The Hall–Kier alpha value is -1.39. The first kappa shape index (κ1) is 16.5. The third kappa shape index (κ3) is 3.93. The van der Waals surface area contributed by atoms with Crippen LogP contribution in [0.1, 0.15) is 24.8 Å². The summed E-state index contributed by atoms with van der Waals surface area (Å²) in [7, 11) is 4.04. The van der Waals surface area contributed by atoms with Gasteiger partial charge in [0.15, 0.2) is 0 Å². The summed E-state index contributed by atoms with van der Waals surface area (Å²) in [4.78, 5) is 19.9. The number of fused-ring (bicyclic) bond motifs is 1. The Morgan fingerprint density at radius 2 is 1.91 bits per heavy atom. The van der Waals surface area contributed by atoms with E-state index in [4.69, 9.17) is 0 Å². The maximum Gasteiger partial charge on any atom is 0.240 e. The summed E-state index contributed by atoms with van der Waals surface area (Å²) in [5.41, 5.74) is 1.23. The Balaban J connectivity index is 1.70. The summed E-state index contributed by atoms with van der Waals surface area (Å²) in [6.45, 7) is 4.19. The first-order valence-corrected chi connectivity index (χ1v) is 8.88. The van der Waals surface area contributed by atoms with Crippen LogP contribution in [0.4, 0.5) is 0 Å². The molecule has 2 saturated heterocycles. The van der Waals surface area contributed by atoms with E-state index >= 15 is 0 Å². The number of nitrogens with zero attached hydrogens (tertiary/aromatic N) is 3. The monoisotopic (exact) mass is 315 g/mol. The van der Waals surface area contributed by atoms with E-state index in [9.17, 15) is 4.79 Å². The molecule has 2 fully saturated rings. The van der Waals surface area contributed by atoms with Gasteiger partial charge in [-0.25, -0.2) is 0 Å². The van der Waals surface area contributed by atoms with Gasteiger partial charge in [-0.2, -0.15) is 0 Å². The second kappa shape index (κ2) is 7.45. The average molecular weight is 315 g/mol. The van der Waals surface area contributed by atoms with E-state index in [1.165, 1.54) is 24.9 Å². The first-order chi connectivity index (χ1) is 11.1. The zero-order valence-electron chi connectivity index (χ0n) is 14.4. The molecule has 3 rings (SSSR count). The van der Waals surface area contributed by atoms with E-state index in [1.54, 1.807) is 0 Å². The summed E-state index contributed by atoms with van der Waals surface area (Å²) in [6, 6.07) is 10.9. The van der Waals surface area contributed by atoms with Gasteiger partial charge in [-0.3, -0.25) is 14.6 Å². The molecule has 1 amide bonds. The van der Waals surface area contributed by atoms with E-state index < -0.39 is 0 Å². The molecule has 0 spiro atoms. The number of hydrogen-bond donors (Lipinski definition) is 0. The Bertz CT molecular complexity index is 517. The minimum atomic E-state index is -0.0645. The lowest BCUT2D eigenvalue weighted by molar-refractivity contribution is -0.136. The van der Waals surface area contributed by atoms with Crippen molar-refractivity contribution in [1.29, 1.82) is 0 Å². The molecule has 0 bridgehead atoms. The van der Waals surface area contributed by atoms with Crippen LogP contribution in [0.15, 0.2) is 30.3 Å². The fourth-order valence-corrected chi connectivity index (χ4v) is 3.95. The van der Waals surface area contributed by atoms with E-state index in [0.29, 0.717) is 11.9 Å². The molecule has 2 aliphatic heterocycles. The standard InChI is InChI=1S/C19H29N3O/c1-20(2)18(14-16-8-4-3-5-9-16)19(23)22-13-7-12-21-11-6-10-17(21)15-22/h3-5,8-9,17-18H,6-7,10-15H2,1-2H3. The molecule has 4 nitrogen and oxygen atoms in total. The van der Waals surface area contributed by atoms with Gasteiger partial charge in [0.05, 0.1) is 6.04 Å². The van der Waals surface area contributed by atoms with Crippen LogP contribution in [0.5, 0.6) is 0 Å². The molecular weight excluding hydrogens is 286 g/mol. The largest absolute Gasteiger partial charge is 0.340 e. The van der Waals surface area contributed by atoms with Gasteiger partial charge < -0.3 is 4.90 Å². The molecule has 0 saturated carbocycles. The highest BCUT2D eigenvalue weighted by Gasteiger charge is 2.33. The Morgan fingerprint density at radius 1 is 1.17 bits per heavy atom. The molecule has 0 N–H and O–H groups in total. The number of carbonyl (C=O) groups excluding carboxylic acids is 1. The molecule has 0 radical (unpaired) electrons. The molecule has 2 unspecified atom stereocenters. The third-order valence-corrected chi connectivity index (χ3v) is 5.30. The maximum atomic E-state index is 13.2. The summed E-state index contributed by atoms with van der Waals surface area (Å²) in [6.07, 6.45) is 4.42. The number of carbonyl (C=O) groups is 1. The topological polar surface area (TPSA) is 26.8 Å². The van der Waals surface area contributed by atoms with Crippen LogP contribution in [0.3, 0.4) is 0 Å². The van der Waals surface area contributed by atoms with Gasteiger partial charge in [-0.15, -0.1) is 0 Å². The molecule has 0 aliphatic carbocycles. The van der Waals surface area contributed by atoms with Gasteiger partial charge in [-0.05, 0) is 51.9 Å². The van der Waals surface area contributed by atoms with E-state index in [2.05, 4.69) is 39.0 Å². The quantitative estimate of drug-likeness (QED) is 0.848. The van der Waals surface area contributed by atoms with E-state index in [0.717, 1.165) is 32.5 Å². The van der Waals surface area contributed by atoms with Crippen LogP contribution in [-0.4, -0.2) is 73.0 Å². The molecule has 4 heteroatoms. The fraction of sp³-hybridized carbons (Fsp3) is 0.632. The zero-order valence-corrected chi connectivity index (χ0v) is 14.4. The maximum absolute atomic E-state index is 13.2. The minimum Gasteiger partial charge on any atom is -0.340 e. The van der Waals surface area contributed by atoms with Crippen molar-refractivity contribution in [2.24, 2.45) is 0 Å². The van der Waals surface area contributed by atoms with Gasteiger partial charge in [0.1, 0.15) is 0 Å². The van der Waals surface area contributed by atoms with Gasteiger partial charge in [0.25, 0.3) is 0 Å². The van der Waals surface area contributed by atoms with Gasteiger partial charge in [0, 0.05) is 25.7 Å². The molecule has 2 aliphatic rings. The normalized spacial score (nSPS) is 23.6. The lowest BCUT2D eigenvalue weighted by atomic mass is 10.0. The van der Waals surface area contributed by atoms with Crippen LogP contribution in [0, 0.1) is 0 Å². The molecule has 23 heavy (non-hydrogen) atoms. The predicted molar refractivity (Wildman–Crippen MR) is 93.4 cm³/mol. The summed E-state index contributed by atoms with van der Waals surface area (Å²) >= 11 is 0. The van der Waals surface area contributed by atoms with Crippen LogP contribution in [-0.2, 0) is 11.2 Å². The second-order valence-corrected chi connectivity index (χ2v) is 7.14. The van der Waals surface area contributed by atoms with Crippen molar-refractivity contribution < 1.29 is 4.79 Å². The highest BCUT2D eigenvalue weighted by atomic mass is 16.2. The summed E-state index contributed by atoms with van der Waals surface area (Å²) < 4.78 is 0. The number of rotatable bonds is 4. The van der Waals surface area contributed by atoms with Crippen LogP contribution in [0.2, 0.25) is 0 Å². The van der Waals surface area contributed by atoms with Crippen molar-refractivity contribution in [3.05, 3.63) is 35.9 Å². The van der Waals surface area contributed by atoms with Crippen LogP contribution in [0.25, 0.3) is 0 Å². The van der Waals surface area contributed by atoms with Crippen LogP contribution < -0.4 is 0 Å².